The summed E-state index contributed by atoms with van der Waals surface area (Å²) in [6, 6.07) is 0.0182. The Balaban J connectivity index is 1.47. The van der Waals surface area contributed by atoms with Gasteiger partial charge in [-0.15, -0.1) is 11.3 Å². The Bertz CT molecular complexity index is 1100. The smallest absolute Gasteiger partial charge is 0.425 e. The number of carbonyl (C=O) groups is 1. The molecule has 1 unspecified atom stereocenters. The lowest BCUT2D eigenvalue weighted by molar-refractivity contribution is -0.164. The van der Waals surface area contributed by atoms with Crippen LogP contribution in [0.15, 0.2) is 12.4 Å². The van der Waals surface area contributed by atoms with Crippen LogP contribution in [-0.4, -0.2) is 62.3 Å². The molecule has 1 fully saturated rings. The summed E-state index contributed by atoms with van der Waals surface area (Å²) in [5.74, 6) is -0.713. The van der Waals surface area contributed by atoms with Gasteiger partial charge in [-0.2, -0.15) is 18.3 Å². The van der Waals surface area contributed by atoms with Gasteiger partial charge in [0.1, 0.15) is 10.5 Å². The molecule has 8 nitrogen and oxygen atoms in total. The van der Waals surface area contributed by atoms with Crippen molar-refractivity contribution in [3.05, 3.63) is 38.8 Å². The second kappa shape index (κ2) is 10.1. The molecule has 4 rings (SSSR count). The maximum Gasteiger partial charge on any atom is 0.425 e. The molecular weight excluding hydrogens is 499 g/mol. The normalized spacial score (nSPS) is 24.5. The van der Waals surface area contributed by atoms with E-state index in [9.17, 15) is 28.2 Å². The summed E-state index contributed by atoms with van der Waals surface area (Å²) >= 11 is 0.717. The highest BCUT2D eigenvalue weighted by molar-refractivity contribution is 7.12. The van der Waals surface area contributed by atoms with Crippen LogP contribution in [0.25, 0.3) is 0 Å². The Morgan fingerprint density at radius 1 is 1.42 bits per heavy atom. The largest absolute Gasteiger partial charge is 0.464 e. The number of nitrogens with zero attached hydrogens (tertiary/aromatic N) is 3. The first kappa shape index (κ1) is 27.1. The Morgan fingerprint density at radius 2 is 2.17 bits per heavy atom. The van der Waals surface area contributed by atoms with Gasteiger partial charge in [-0.25, -0.2) is 4.79 Å². The van der Waals surface area contributed by atoms with Gasteiger partial charge in [-0.1, -0.05) is 0 Å². The second-order valence-corrected chi connectivity index (χ2v) is 10.8. The third kappa shape index (κ3) is 5.19. The van der Waals surface area contributed by atoms with Crippen molar-refractivity contribution >= 4 is 17.3 Å². The molecule has 0 amide bonds. The van der Waals surface area contributed by atoms with Crippen molar-refractivity contribution in [2.24, 2.45) is 0 Å². The van der Waals surface area contributed by atoms with Gasteiger partial charge in [0.15, 0.2) is 5.60 Å². The van der Waals surface area contributed by atoms with Crippen LogP contribution in [0.4, 0.5) is 13.2 Å². The molecule has 4 heterocycles. The fraction of sp³-hybridized carbons (Fsp3) is 0.667. The first-order valence-corrected chi connectivity index (χ1v) is 12.8. The van der Waals surface area contributed by atoms with Crippen molar-refractivity contribution in [2.75, 3.05) is 19.8 Å². The lowest BCUT2D eigenvalue weighted by Gasteiger charge is -2.47. The molecule has 0 aromatic carbocycles. The van der Waals surface area contributed by atoms with Gasteiger partial charge in [-0.3, -0.25) is 9.58 Å². The Labute approximate surface area is 211 Å². The van der Waals surface area contributed by atoms with Crippen LogP contribution in [0.5, 0.6) is 0 Å². The maximum atomic E-state index is 13.6. The highest BCUT2D eigenvalue weighted by Crippen LogP contribution is 2.51. The van der Waals surface area contributed by atoms with Crippen LogP contribution >= 0.6 is 11.3 Å². The van der Waals surface area contributed by atoms with E-state index in [1.165, 1.54) is 11.6 Å². The van der Waals surface area contributed by atoms with Gasteiger partial charge >= 0.3 is 12.1 Å². The Morgan fingerprint density at radius 3 is 2.81 bits per heavy atom. The molecule has 0 bridgehead atoms. The number of esters is 1. The van der Waals surface area contributed by atoms with Crippen molar-refractivity contribution in [3.63, 3.8) is 0 Å². The number of halogens is 3. The zero-order valence-corrected chi connectivity index (χ0v) is 21.4. The number of aliphatic hydroxyl groups is 2. The number of fused-ring (bicyclic) bond motifs is 2. The Hall–Kier alpha value is -1.99. The number of aromatic nitrogens is 2. The molecule has 2 aliphatic heterocycles. The quantitative estimate of drug-likeness (QED) is 0.530. The number of ether oxygens (including phenoxy) is 2. The van der Waals surface area contributed by atoms with Crippen LogP contribution in [0.2, 0.25) is 0 Å². The molecule has 36 heavy (non-hydrogen) atoms. The number of carbonyl (C=O) groups excluding carboxylic acids is 1. The van der Waals surface area contributed by atoms with Gasteiger partial charge in [-0.05, 0) is 45.6 Å². The van der Waals surface area contributed by atoms with E-state index in [4.69, 9.17) is 9.47 Å². The minimum atomic E-state index is -4.51. The molecule has 0 saturated carbocycles. The number of hydrogen-bond acceptors (Lipinski definition) is 8. The van der Waals surface area contributed by atoms with Crippen LogP contribution in [0, 0.1) is 0 Å². The monoisotopic (exact) mass is 531 g/mol. The van der Waals surface area contributed by atoms with Gasteiger partial charge in [0.05, 0.1) is 32.6 Å². The van der Waals surface area contributed by atoms with E-state index >= 15 is 0 Å². The van der Waals surface area contributed by atoms with E-state index in [1.807, 2.05) is 6.92 Å². The van der Waals surface area contributed by atoms with Crippen LogP contribution in [0.3, 0.4) is 0 Å². The molecule has 2 N–H and O–H groups in total. The summed E-state index contributed by atoms with van der Waals surface area (Å²) in [5, 5.41) is 24.4. The van der Waals surface area contributed by atoms with E-state index in [-0.39, 0.29) is 24.8 Å². The van der Waals surface area contributed by atoms with Crippen molar-refractivity contribution in [1.82, 2.24) is 14.7 Å². The number of aliphatic hydroxyl groups excluding tert-OH is 1. The second-order valence-electron chi connectivity index (χ2n) is 9.78. The topological polar surface area (TPSA) is 97.1 Å². The van der Waals surface area contributed by atoms with Crippen LogP contribution in [0.1, 0.15) is 60.1 Å². The molecule has 0 aliphatic carbocycles. The van der Waals surface area contributed by atoms with Crippen LogP contribution in [-0.2, 0) is 52.2 Å². The molecule has 2 aliphatic rings. The average Bonchev–Trinajstić information content (AvgIpc) is 3.40. The minimum Gasteiger partial charge on any atom is -0.464 e. The summed E-state index contributed by atoms with van der Waals surface area (Å²) < 4.78 is 53.5. The van der Waals surface area contributed by atoms with E-state index in [0.29, 0.717) is 49.4 Å². The fourth-order valence-corrected chi connectivity index (χ4v) is 6.65. The van der Waals surface area contributed by atoms with Crippen molar-refractivity contribution < 1.29 is 37.7 Å². The Kier molecular flexibility index (Phi) is 7.55. The number of piperidine rings is 1. The molecular formula is C24H32F3N3O5S. The third-order valence-electron chi connectivity index (χ3n) is 6.99. The molecule has 3 atom stereocenters. The zero-order chi connectivity index (χ0) is 26.3. The third-order valence-corrected chi connectivity index (χ3v) is 8.49. The summed E-state index contributed by atoms with van der Waals surface area (Å²) in [6.45, 7) is 6.07. The molecule has 2 aromatic heterocycles. The first-order chi connectivity index (χ1) is 16.9. The summed E-state index contributed by atoms with van der Waals surface area (Å²) in [6.07, 6.45) is 0.379. The lowest BCUT2D eigenvalue weighted by atomic mass is 9.81. The lowest BCUT2D eigenvalue weighted by Crippen LogP contribution is -2.50. The van der Waals surface area contributed by atoms with Crippen molar-refractivity contribution in [3.8, 4) is 0 Å². The molecule has 1 saturated heterocycles. The van der Waals surface area contributed by atoms with E-state index in [0.717, 1.165) is 16.9 Å². The summed E-state index contributed by atoms with van der Waals surface area (Å²) in [4.78, 5) is 14.1. The first-order valence-electron chi connectivity index (χ1n) is 12.0. The van der Waals surface area contributed by atoms with E-state index in [1.54, 1.807) is 19.3 Å². The number of rotatable bonds is 7. The number of likely N-dealkylation sites (tertiary alicyclic amines) is 1. The molecule has 2 aromatic rings. The standard InChI is InChI=1S/C24H32F3N3O5S/c1-4-34-21(32)22(3,33)14-30-12-16(10-28-30)11-29-7-6-23(9-15(29)2)19-17(5-8-35-23)18(13-31)20(36-19)24(25,26)27/h10,12,15,31,33H,4-9,11,13-14H2,1-3H3/t15-,22?,23+/m0/s1. The van der Waals surface area contributed by atoms with Gasteiger partial charge in [0.2, 0.25) is 0 Å². The van der Waals surface area contributed by atoms with Gasteiger partial charge in [0.25, 0.3) is 0 Å². The highest BCUT2D eigenvalue weighted by Gasteiger charge is 2.48. The number of hydrogen-bond donors (Lipinski definition) is 2. The minimum absolute atomic E-state index is 0.00799. The number of alkyl halides is 3. The summed E-state index contributed by atoms with van der Waals surface area (Å²) in [7, 11) is 0. The average molecular weight is 532 g/mol. The highest BCUT2D eigenvalue weighted by atomic mass is 32.1. The SMILES string of the molecule is CCOC(=O)C(C)(O)Cn1cc(CN2CC[C@]3(C[C@@H]2C)OCCc2c3sc(C(F)(F)F)c2CO)cn1. The number of thiophene rings is 1. The van der Waals surface area contributed by atoms with Crippen molar-refractivity contribution in [1.29, 1.82) is 0 Å². The van der Waals surface area contributed by atoms with Crippen molar-refractivity contribution in [2.45, 2.75) is 83.2 Å². The molecule has 1 spiro atoms. The molecule has 12 heteroatoms. The van der Waals surface area contributed by atoms with E-state index < -0.39 is 34.8 Å². The van der Waals surface area contributed by atoms with Gasteiger partial charge < -0.3 is 19.7 Å². The zero-order valence-electron chi connectivity index (χ0n) is 20.6. The fourth-order valence-electron chi connectivity index (χ4n) is 5.24. The predicted octanol–water partition coefficient (Wildman–Crippen LogP) is 3.22. The molecule has 200 valence electrons. The molecule has 0 radical (unpaired) electrons. The summed E-state index contributed by atoms with van der Waals surface area (Å²) in [5.41, 5.74) is -1.02. The maximum absolute atomic E-state index is 13.6. The van der Waals surface area contributed by atoms with E-state index in [2.05, 4.69) is 10.00 Å². The van der Waals surface area contributed by atoms with Crippen LogP contribution < -0.4 is 0 Å². The van der Waals surface area contributed by atoms with Gasteiger partial charge in [0, 0.05) is 41.3 Å². The predicted molar refractivity (Wildman–Crippen MR) is 125 cm³/mol.